The van der Waals surface area contributed by atoms with Crippen LogP contribution in [0.3, 0.4) is 0 Å². The van der Waals surface area contributed by atoms with E-state index in [4.69, 9.17) is 4.74 Å². The molecule has 2 heterocycles. The van der Waals surface area contributed by atoms with Crippen molar-refractivity contribution < 1.29 is 13.2 Å². The molecule has 6 nitrogen and oxygen atoms in total. The van der Waals surface area contributed by atoms with Gasteiger partial charge < -0.3 is 10.1 Å². The zero-order valence-corrected chi connectivity index (χ0v) is 11.0. The van der Waals surface area contributed by atoms with Crippen LogP contribution in [0.4, 0.5) is 0 Å². The van der Waals surface area contributed by atoms with Crippen molar-refractivity contribution >= 4 is 10.2 Å². The Morgan fingerprint density at radius 2 is 2.00 bits per heavy atom. The normalized spacial score (nSPS) is 32.5. The molecule has 2 aliphatic rings. The Morgan fingerprint density at radius 3 is 2.59 bits per heavy atom. The van der Waals surface area contributed by atoms with Crippen LogP contribution >= 0.6 is 0 Å². The van der Waals surface area contributed by atoms with Crippen molar-refractivity contribution in [2.45, 2.75) is 31.8 Å². The molecule has 2 unspecified atom stereocenters. The largest absolute Gasteiger partial charge is 0.379 e. The van der Waals surface area contributed by atoms with Crippen molar-refractivity contribution in [2.75, 3.05) is 32.8 Å². The minimum atomic E-state index is -3.34. The molecule has 2 saturated heterocycles. The van der Waals surface area contributed by atoms with Gasteiger partial charge in [-0.3, -0.25) is 0 Å². The Morgan fingerprint density at radius 1 is 1.29 bits per heavy atom. The lowest BCUT2D eigenvalue weighted by Crippen LogP contribution is -2.54. The lowest BCUT2D eigenvalue weighted by atomic mass is 10.0. The molecule has 2 fully saturated rings. The van der Waals surface area contributed by atoms with Gasteiger partial charge in [-0.25, -0.2) is 0 Å². The minimum absolute atomic E-state index is 0.0130. The summed E-state index contributed by atoms with van der Waals surface area (Å²) in [5.74, 6) is 0. The molecule has 2 aliphatic heterocycles. The molecule has 0 radical (unpaired) electrons. The predicted molar refractivity (Wildman–Crippen MR) is 64.9 cm³/mol. The van der Waals surface area contributed by atoms with Gasteiger partial charge in [0.15, 0.2) is 0 Å². The number of morpholine rings is 1. The van der Waals surface area contributed by atoms with Gasteiger partial charge in [-0.2, -0.15) is 17.4 Å². The quantitative estimate of drug-likeness (QED) is 0.706. The molecule has 0 aromatic rings. The molecule has 0 amide bonds. The van der Waals surface area contributed by atoms with Gasteiger partial charge in [0, 0.05) is 31.7 Å². The minimum Gasteiger partial charge on any atom is -0.379 e. The van der Waals surface area contributed by atoms with Gasteiger partial charge in [-0.15, -0.1) is 0 Å². The van der Waals surface area contributed by atoms with E-state index in [-0.39, 0.29) is 6.04 Å². The zero-order valence-electron chi connectivity index (χ0n) is 10.2. The Kier molecular flexibility index (Phi) is 4.37. The first-order chi connectivity index (χ1) is 8.08. The maximum absolute atomic E-state index is 12.1. The van der Waals surface area contributed by atoms with E-state index in [1.165, 1.54) is 4.31 Å². The van der Waals surface area contributed by atoms with Crippen LogP contribution in [0, 0.1) is 0 Å². The van der Waals surface area contributed by atoms with Gasteiger partial charge in [0.05, 0.1) is 13.2 Å². The Hall–Kier alpha value is -0.210. The molecule has 0 saturated carbocycles. The van der Waals surface area contributed by atoms with E-state index in [2.05, 4.69) is 17.0 Å². The highest BCUT2D eigenvalue weighted by molar-refractivity contribution is 7.87. The van der Waals surface area contributed by atoms with Gasteiger partial charge >= 0.3 is 0 Å². The average molecular weight is 263 g/mol. The number of hydrogen-bond donors (Lipinski definition) is 2. The number of nitrogens with one attached hydrogen (secondary N) is 2. The molecule has 0 spiro atoms. The lowest BCUT2D eigenvalue weighted by Gasteiger charge is -2.32. The van der Waals surface area contributed by atoms with E-state index < -0.39 is 10.2 Å². The molecule has 0 aromatic heterocycles. The van der Waals surface area contributed by atoms with Crippen LogP contribution in [-0.4, -0.2) is 57.7 Å². The molecule has 2 atom stereocenters. The molecule has 2 rings (SSSR count). The summed E-state index contributed by atoms with van der Waals surface area (Å²) in [7, 11) is -3.34. The third-order valence-corrected chi connectivity index (χ3v) is 4.96. The van der Waals surface area contributed by atoms with Crippen LogP contribution in [0.2, 0.25) is 0 Å². The topological polar surface area (TPSA) is 70.7 Å². The van der Waals surface area contributed by atoms with E-state index in [0.29, 0.717) is 38.9 Å². The molecular formula is C10H21N3O3S. The Bertz CT molecular complexity index is 333. The van der Waals surface area contributed by atoms with Crippen molar-refractivity contribution in [3.63, 3.8) is 0 Å². The van der Waals surface area contributed by atoms with E-state index in [1.807, 2.05) is 0 Å². The maximum Gasteiger partial charge on any atom is 0.279 e. The summed E-state index contributed by atoms with van der Waals surface area (Å²) < 4.78 is 33.5. The monoisotopic (exact) mass is 263 g/mol. The van der Waals surface area contributed by atoms with Gasteiger partial charge in [0.2, 0.25) is 0 Å². The molecule has 0 bridgehead atoms. The van der Waals surface area contributed by atoms with Gasteiger partial charge in [0.1, 0.15) is 0 Å². The van der Waals surface area contributed by atoms with Crippen LogP contribution in [0.15, 0.2) is 0 Å². The second-order valence-electron chi connectivity index (χ2n) is 4.72. The average Bonchev–Trinajstić information content (AvgIpc) is 2.33. The number of ether oxygens (including phenoxy) is 1. The van der Waals surface area contributed by atoms with Crippen molar-refractivity contribution in [2.24, 2.45) is 0 Å². The van der Waals surface area contributed by atoms with E-state index in [0.717, 1.165) is 12.8 Å². The fourth-order valence-electron chi connectivity index (χ4n) is 2.17. The third-order valence-electron chi connectivity index (χ3n) is 3.29. The number of hydrogen-bond acceptors (Lipinski definition) is 4. The first-order valence-electron chi connectivity index (χ1n) is 6.16. The summed E-state index contributed by atoms with van der Waals surface area (Å²) in [6.45, 7) is 4.71. The Balaban J connectivity index is 1.88. The molecule has 2 N–H and O–H groups in total. The highest BCUT2D eigenvalue weighted by atomic mass is 32.2. The summed E-state index contributed by atoms with van der Waals surface area (Å²) in [6, 6.07) is 0.498. The summed E-state index contributed by atoms with van der Waals surface area (Å²) >= 11 is 0. The number of rotatable bonds is 3. The molecule has 0 aliphatic carbocycles. The molecule has 0 aromatic carbocycles. The smallest absolute Gasteiger partial charge is 0.279 e. The molecule has 7 heteroatoms. The summed E-state index contributed by atoms with van der Waals surface area (Å²) in [5.41, 5.74) is 0. The van der Waals surface area contributed by atoms with Gasteiger partial charge in [0.25, 0.3) is 10.2 Å². The predicted octanol–water partition coefficient (Wildman–Crippen LogP) is -0.706. The molecular weight excluding hydrogens is 242 g/mol. The van der Waals surface area contributed by atoms with Crippen molar-refractivity contribution in [3.05, 3.63) is 0 Å². The maximum atomic E-state index is 12.1. The van der Waals surface area contributed by atoms with Crippen molar-refractivity contribution in [3.8, 4) is 0 Å². The van der Waals surface area contributed by atoms with Gasteiger partial charge in [-0.1, -0.05) is 0 Å². The van der Waals surface area contributed by atoms with E-state index in [1.54, 1.807) is 0 Å². The first kappa shape index (κ1) is 13.2. The highest BCUT2D eigenvalue weighted by Crippen LogP contribution is 2.10. The van der Waals surface area contributed by atoms with Crippen LogP contribution in [0.1, 0.15) is 19.8 Å². The van der Waals surface area contributed by atoms with Crippen LogP contribution in [0.5, 0.6) is 0 Å². The molecule has 100 valence electrons. The lowest BCUT2D eigenvalue weighted by molar-refractivity contribution is 0.0722. The fraction of sp³-hybridized carbons (Fsp3) is 1.00. The van der Waals surface area contributed by atoms with Crippen LogP contribution in [0.25, 0.3) is 0 Å². The molecule has 17 heavy (non-hydrogen) atoms. The second-order valence-corrected chi connectivity index (χ2v) is 6.42. The standard InChI is InChI=1S/C10H21N3O3S/c1-9-2-3-10(8-11-9)12-17(14,15)13-4-6-16-7-5-13/h9-12H,2-8H2,1H3. The van der Waals surface area contributed by atoms with Crippen molar-refractivity contribution in [1.82, 2.24) is 14.3 Å². The van der Waals surface area contributed by atoms with E-state index in [9.17, 15) is 8.42 Å². The first-order valence-corrected chi connectivity index (χ1v) is 7.60. The van der Waals surface area contributed by atoms with Crippen molar-refractivity contribution in [1.29, 1.82) is 0 Å². The van der Waals surface area contributed by atoms with E-state index >= 15 is 0 Å². The van der Waals surface area contributed by atoms with Gasteiger partial charge in [-0.05, 0) is 19.8 Å². The summed E-state index contributed by atoms with van der Waals surface area (Å²) in [5, 5.41) is 3.29. The fourth-order valence-corrected chi connectivity index (χ4v) is 3.57. The second kappa shape index (κ2) is 5.62. The SMILES string of the molecule is CC1CCC(NS(=O)(=O)N2CCOCC2)CN1. The Labute approximate surface area is 103 Å². The third kappa shape index (κ3) is 3.62. The number of nitrogens with zero attached hydrogens (tertiary/aromatic N) is 1. The van der Waals surface area contributed by atoms with Crippen LogP contribution in [-0.2, 0) is 14.9 Å². The summed E-state index contributed by atoms with van der Waals surface area (Å²) in [6.07, 6.45) is 1.91. The summed E-state index contributed by atoms with van der Waals surface area (Å²) in [4.78, 5) is 0. The van der Waals surface area contributed by atoms with Crippen LogP contribution < -0.4 is 10.0 Å². The zero-order chi connectivity index (χ0) is 12.3. The highest BCUT2D eigenvalue weighted by Gasteiger charge is 2.28. The number of piperidine rings is 1.